The maximum atomic E-state index is 11.7. The van der Waals surface area contributed by atoms with Crippen molar-refractivity contribution in [3.05, 3.63) is 45.4 Å². The highest BCUT2D eigenvalue weighted by Gasteiger charge is 2.24. The molecule has 0 aliphatic carbocycles. The quantitative estimate of drug-likeness (QED) is 0.828. The van der Waals surface area contributed by atoms with Crippen LogP contribution in [0.25, 0.3) is 6.08 Å². The number of nitrogens with one attached hydrogen (secondary N) is 1. The molecule has 0 bridgehead atoms. The Morgan fingerprint density at radius 2 is 2.38 bits per heavy atom. The van der Waals surface area contributed by atoms with E-state index in [1.807, 2.05) is 6.07 Å². The smallest absolute Gasteiger partial charge is 0.244 e. The van der Waals surface area contributed by atoms with Crippen LogP contribution in [0.5, 0.6) is 0 Å². The molecule has 1 unspecified atom stereocenters. The fourth-order valence-electron chi connectivity index (χ4n) is 1.70. The van der Waals surface area contributed by atoms with Crippen LogP contribution >= 0.6 is 22.9 Å². The van der Waals surface area contributed by atoms with Crippen molar-refractivity contribution in [3.63, 3.8) is 0 Å². The molecule has 1 atom stereocenters. The first-order chi connectivity index (χ1) is 9.87. The number of aryl methyl sites for hydroxylation is 1. The van der Waals surface area contributed by atoms with E-state index >= 15 is 0 Å². The maximum Gasteiger partial charge on any atom is 0.244 e. The Morgan fingerprint density at radius 3 is 2.95 bits per heavy atom. The van der Waals surface area contributed by atoms with Crippen molar-refractivity contribution in [3.8, 4) is 0 Å². The second-order valence-electron chi connectivity index (χ2n) is 4.87. The van der Waals surface area contributed by atoms with E-state index < -0.39 is 5.60 Å². The zero-order valence-corrected chi connectivity index (χ0v) is 13.3. The zero-order valence-electron chi connectivity index (χ0n) is 11.7. The Labute approximate surface area is 131 Å². The Balaban J connectivity index is 1.90. The zero-order chi connectivity index (χ0) is 15.5. The number of rotatable bonds is 5. The number of thiophene rings is 1. The van der Waals surface area contributed by atoms with Crippen molar-refractivity contribution < 1.29 is 9.90 Å². The third-order valence-electron chi connectivity index (χ3n) is 2.93. The average Bonchev–Trinajstić information content (AvgIpc) is 3.03. The molecular weight excluding hydrogens is 310 g/mol. The number of aromatic nitrogens is 2. The van der Waals surface area contributed by atoms with E-state index in [-0.39, 0.29) is 12.5 Å². The van der Waals surface area contributed by atoms with Crippen LogP contribution in [0.2, 0.25) is 4.34 Å². The number of carbonyl (C=O) groups is 1. The summed E-state index contributed by atoms with van der Waals surface area (Å²) < 4.78 is 2.28. The molecule has 21 heavy (non-hydrogen) atoms. The summed E-state index contributed by atoms with van der Waals surface area (Å²) in [5.74, 6) is -0.274. The number of aliphatic hydroxyl groups is 1. The van der Waals surface area contributed by atoms with Gasteiger partial charge in [-0.2, -0.15) is 5.10 Å². The lowest BCUT2D eigenvalue weighted by Gasteiger charge is -2.21. The van der Waals surface area contributed by atoms with Crippen molar-refractivity contribution in [2.24, 2.45) is 7.05 Å². The molecule has 112 valence electrons. The highest BCUT2D eigenvalue weighted by atomic mass is 35.5. The van der Waals surface area contributed by atoms with Crippen LogP contribution in [0.4, 0.5) is 0 Å². The standard InChI is InChI=1S/C14H16ClN3O2S/c1-14(20,10-7-17-18(2)8-10)9-16-13(19)6-4-11-3-5-12(15)21-11/h3-8,20H,9H2,1-2H3,(H,16,19). The van der Waals surface area contributed by atoms with E-state index in [0.717, 1.165) is 4.88 Å². The number of amides is 1. The van der Waals surface area contributed by atoms with Gasteiger partial charge in [0.05, 0.1) is 17.1 Å². The summed E-state index contributed by atoms with van der Waals surface area (Å²) in [7, 11) is 1.77. The first-order valence-electron chi connectivity index (χ1n) is 6.29. The molecule has 0 fully saturated rings. The summed E-state index contributed by atoms with van der Waals surface area (Å²) in [6.07, 6.45) is 6.40. The minimum absolute atomic E-state index is 0.104. The number of halogens is 1. The summed E-state index contributed by atoms with van der Waals surface area (Å²) in [5, 5.41) is 17.0. The molecule has 2 heterocycles. The van der Waals surface area contributed by atoms with E-state index in [9.17, 15) is 9.90 Å². The van der Waals surface area contributed by atoms with Crippen LogP contribution in [0.1, 0.15) is 17.4 Å². The van der Waals surface area contributed by atoms with Crippen LogP contribution in [-0.2, 0) is 17.4 Å². The molecule has 0 spiro atoms. The lowest BCUT2D eigenvalue weighted by molar-refractivity contribution is -0.117. The van der Waals surface area contributed by atoms with E-state index in [1.54, 1.807) is 43.2 Å². The van der Waals surface area contributed by atoms with Gasteiger partial charge in [-0.15, -0.1) is 11.3 Å². The van der Waals surface area contributed by atoms with Gasteiger partial charge in [0.1, 0.15) is 5.60 Å². The number of nitrogens with zero attached hydrogens (tertiary/aromatic N) is 2. The molecule has 0 aliphatic heterocycles. The van der Waals surface area contributed by atoms with E-state index in [1.165, 1.54) is 17.4 Å². The molecule has 2 aromatic heterocycles. The van der Waals surface area contributed by atoms with Gasteiger partial charge < -0.3 is 10.4 Å². The Morgan fingerprint density at radius 1 is 1.62 bits per heavy atom. The minimum Gasteiger partial charge on any atom is -0.383 e. The van der Waals surface area contributed by atoms with E-state index in [0.29, 0.717) is 9.90 Å². The van der Waals surface area contributed by atoms with E-state index in [2.05, 4.69) is 10.4 Å². The predicted octanol–water partition coefficient (Wildman–Crippen LogP) is 2.17. The van der Waals surface area contributed by atoms with Crippen molar-refractivity contribution in [2.45, 2.75) is 12.5 Å². The molecule has 2 aromatic rings. The van der Waals surface area contributed by atoms with Crippen molar-refractivity contribution in [1.82, 2.24) is 15.1 Å². The fraction of sp³-hybridized carbons (Fsp3) is 0.286. The lowest BCUT2D eigenvalue weighted by atomic mass is 10.00. The van der Waals surface area contributed by atoms with Gasteiger partial charge in [0, 0.05) is 29.8 Å². The summed E-state index contributed by atoms with van der Waals surface area (Å²) >= 11 is 7.20. The van der Waals surface area contributed by atoms with Gasteiger partial charge in [-0.05, 0) is 25.1 Å². The predicted molar refractivity (Wildman–Crippen MR) is 84.2 cm³/mol. The summed E-state index contributed by atoms with van der Waals surface area (Å²) in [6, 6.07) is 3.61. The van der Waals surface area contributed by atoms with Crippen LogP contribution in [-0.4, -0.2) is 27.3 Å². The topological polar surface area (TPSA) is 67.2 Å². The SMILES string of the molecule is Cn1cc(C(C)(O)CNC(=O)C=Cc2ccc(Cl)s2)cn1. The van der Waals surface area contributed by atoms with Gasteiger partial charge in [-0.1, -0.05) is 11.6 Å². The largest absolute Gasteiger partial charge is 0.383 e. The van der Waals surface area contributed by atoms with Gasteiger partial charge in [0.25, 0.3) is 0 Å². The number of hydrogen-bond acceptors (Lipinski definition) is 4. The first-order valence-corrected chi connectivity index (χ1v) is 7.49. The highest BCUT2D eigenvalue weighted by molar-refractivity contribution is 7.17. The van der Waals surface area contributed by atoms with Crippen molar-refractivity contribution in [1.29, 1.82) is 0 Å². The monoisotopic (exact) mass is 325 g/mol. The molecule has 0 radical (unpaired) electrons. The molecule has 0 saturated carbocycles. The molecule has 2 N–H and O–H groups in total. The average molecular weight is 326 g/mol. The summed E-state index contributed by atoms with van der Waals surface area (Å²) in [5.41, 5.74) is -0.511. The lowest BCUT2D eigenvalue weighted by Crippen LogP contribution is -2.37. The molecular formula is C14H16ClN3O2S. The molecule has 7 heteroatoms. The third-order valence-corrected chi connectivity index (χ3v) is 4.12. The second-order valence-corrected chi connectivity index (χ2v) is 6.62. The maximum absolute atomic E-state index is 11.7. The molecule has 5 nitrogen and oxygen atoms in total. The van der Waals surface area contributed by atoms with Gasteiger partial charge >= 0.3 is 0 Å². The Hall–Kier alpha value is -1.63. The van der Waals surface area contributed by atoms with Crippen LogP contribution in [0.15, 0.2) is 30.6 Å². The summed E-state index contributed by atoms with van der Waals surface area (Å²) in [6.45, 7) is 1.74. The van der Waals surface area contributed by atoms with Crippen LogP contribution < -0.4 is 5.32 Å². The number of hydrogen-bond donors (Lipinski definition) is 2. The minimum atomic E-state index is -1.16. The second kappa shape index (κ2) is 6.43. The molecule has 1 amide bonds. The van der Waals surface area contributed by atoms with Crippen LogP contribution in [0, 0.1) is 0 Å². The fourth-order valence-corrected chi connectivity index (χ4v) is 2.66. The third kappa shape index (κ3) is 4.42. The van der Waals surface area contributed by atoms with Crippen molar-refractivity contribution >= 4 is 34.9 Å². The Bertz CT molecular complexity index is 661. The highest BCUT2D eigenvalue weighted by Crippen LogP contribution is 2.22. The van der Waals surface area contributed by atoms with Gasteiger partial charge in [0.2, 0.25) is 5.91 Å². The molecule has 2 rings (SSSR count). The molecule has 0 aromatic carbocycles. The molecule has 0 aliphatic rings. The van der Waals surface area contributed by atoms with Gasteiger partial charge in [-0.25, -0.2) is 0 Å². The van der Waals surface area contributed by atoms with E-state index in [4.69, 9.17) is 11.6 Å². The van der Waals surface area contributed by atoms with Gasteiger partial charge in [0.15, 0.2) is 0 Å². The number of carbonyl (C=O) groups excluding carboxylic acids is 1. The van der Waals surface area contributed by atoms with Crippen molar-refractivity contribution in [2.75, 3.05) is 6.54 Å². The molecule has 0 saturated heterocycles. The van der Waals surface area contributed by atoms with Crippen LogP contribution in [0.3, 0.4) is 0 Å². The van der Waals surface area contributed by atoms with Gasteiger partial charge in [-0.3, -0.25) is 9.48 Å². The first kappa shape index (κ1) is 15.8. The summed E-state index contributed by atoms with van der Waals surface area (Å²) in [4.78, 5) is 12.6. The Kier molecular flexibility index (Phi) is 4.82. The normalized spacial score (nSPS) is 14.3.